The number of aryl methyl sites for hydroxylation is 1. The predicted molar refractivity (Wildman–Crippen MR) is 113 cm³/mol. The van der Waals surface area contributed by atoms with Crippen LogP contribution in [0.15, 0.2) is 41.3 Å². The quantitative estimate of drug-likeness (QED) is 0.499. The Labute approximate surface area is 174 Å². The lowest BCUT2D eigenvalue weighted by Gasteiger charge is -2.16. The second-order valence-corrected chi connectivity index (χ2v) is 7.87. The van der Waals surface area contributed by atoms with Gasteiger partial charge in [0.1, 0.15) is 11.6 Å². The highest BCUT2D eigenvalue weighted by molar-refractivity contribution is 14.1. The molecule has 0 unspecified atom stereocenters. The number of aliphatic hydroxyl groups excluding tert-OH is 1. The topological polar surface area (TPSA) is 63.5 Å². The Morgan fingerprint density at radius 2 is 2.00 bits per heavy atom. The first-order chi connectivity index (χ1) is 13.3. The van der Waals surface area contributed by atoms with Crippen LogP contribution in [0.4, 0.5) is 20.2 Å². The fourth-order valence-electron chi connectivity index (χ4n) is 2.76. The molecule has 148 valence electrons. The Balaban J connectivity index is 2.13. The molecule has 2 N–H and O–H groups in total. The SMILES string of the molecule is C[C@@H](CO)COc1cn(C)c2cc(F)cc(Nc3ccc(I)cc3F)c2c1=O. The van der Waals surface area contributed by atoms with Gasteiger partial charge in [-0.3, -0.25) is 4.79 Å². The van der Waals surface area contributed by atoms with Crippen LogP contribution >= 0.6 is 22.6 Å². The van der Waals surface area contributed by atoms with E-state index >= 15 is 0 Å². The molecule has 0 fully saturated rings. The van der Waals surface area contributed by atoms with Crippen molar-refractivity contribution in [2.24, 2.45) is 13.0 Å². The minimum atomic E-state index is -0.557. The average molecular weight is 500 g/mol. The van der Waals surface area contributed by atoms with Crippen LogP contribution in [0, 0.1) is 21.1 Å². The highest BCUT2D eigenvalue weighted by Crippen LogP contribution is 2.29. The van der Waals surface area contributed by atoms with Crippen LogP contribution in [0.3, 0.4) is 0 Å². The van der Waals surface area contributed by atoms with Gasteiger partial charge in [0, 0.05) is 23.1 Å². The second-order valence-electron chi connectivity index (χ2n) is 6.63. The molecule has 0 aliphatic carbocycles. The molecule has 0 aliphatic heterocycles. The van der Waals surface area contributed by atoms with Crippen molar-refractivity contribution < 1.29 is 18.6 Å². The lowest BCUT2D eigenvalue weighted by Crippen LogP contribution is -2.18. The maximum atomic E-state index is 14.3. The summed E-state index contributed by atoms with van der Waals surface area (Å²) in [5.41, 5.74) is 0.193. The molecular weight excluding hydrogens is 481 g/mol. The number of aromatic nitrogens is 1. The van der Waals surface area contributed by atoms with Crippen molar-refractivity contribution in [3.05, 3.63) is 62.0 Å². The average Bonchev–Trinajstić information content (AvgIpc) is 2.65. The summed E-state index contributed by atoms with van der Waals surface area (Å²) in [6.45, 7) is 1.87. The Kier molecular flexibility index (Phi) is 6.19. The molecule has 28 heavy (non-hydrogen) atoms. The van der Waals surface area contributed by atoms with Gasteiger partial charge in [0.15, 0.2) is 5.75 Å². The van der Waals surface area contributed by atoms with E-state index in [2.05, 4.69) is 5.32 Å². The number of rotatable bonds is 6. The van der Waals surface area contributed by atoms with E-state index in [4.69, 9.17) is 9.84 Å². The van der Waals surface area contributed by atoms with Gasteiger partial charge in [0.25, 0.3) is 0 Å². The van der Waals surface area contributed by atoms with Crippen molar-refractivity contribution in [2.75, 3.05) is 18.5 Å². The van der Waals surface area contributed by atoms with E-state index in [0.717, 1.165) is 6.07 Å². The first kappa shape index (κ1) is 20.5. The molecule has 0 saturated carbocycles. The third kappa shape index (κ3) is 4.27. The summed E-state index contributed by atoms with van der Waals surface area (Å²) in [6, 6.07) is 6.97. The van der Waals surface area contributed by atoms with Gasteiger partial charge in [-0.25, -0.2) is 8.78 Å². The van der Waals surface area contributed by atoms with Crippen molar-refractivity contribution in [3.8, 4) is 5.75 Å². The Morgan fingerprint density at radius 3 is 2.68 bits per heavy atom. The van der Waals surface area contributed by atoms with Crippen LogP contribution in [0.1, 0.15) is 6.92 Å². The maximum Gasteiger partial charge on any atom is 0.233 e. The molecule has 1 heterocycles. The number of anilines is 2. The van der Waals surface area contributed by atoms with E-state index in [9.17, 15) is 13.6 Å². The number of halogens is 3. The number of fused-ring (bicyclic) bond motifs is 1. The van der Waals surface area contributed by atoms with Gasteiger partial charge in [-0.05, 0) is 52.9 Å². The van der Waals surface area contributed by atoms with Gasteiger partial charge in [-0.1, -0.05) is 6.92 Å². The third-order valence-electron chi connectivity index (χ3n) is 4.26. The Hall–Kier alpha value is -2.20. The number of nitrogens with one attached hydrogen (secondary N) is 1. The highest BCUT2D eigenvalue weighted by atomic mass is 127. The predicted octanol–water partition coefficient (Wildman–Crippen LogP) is 4.17. The molecule has 0 aliphatic rings. The van der Waals surface area contributed by atoms with Crippen LogP contribution in [0.25, 0.3) is 10.9 Å². The lowest BCUT2D eigenvalue weighted by molar-refractivity contribution is 0.173. The molecule has 2 aromatic carbocycles. The molecule has 1 atom stereocenters. The number of pyridine rings is 1. The van der Waals surface area contributed by atoms with Gasteiger partial charge in [0.2, 0.25) is 5.43 Å². The molecule has 0 radical (unpaired) electrons. The van der Waals surface area contributed by atoms with Gasteiger partial charge in [-0.15, -0.1) is 0 Å². The summed E-state index contributed by atoms with van der Waals surface area (Å²) in [6.07, 6.45) is 1.48. The monoisotopic (exact) mass is 500 g/mol. The van der Waals surface area contributed by atoms with Crippen molar-refractivity contribution in [2.45, 2.75) is 6.92 Å². The fraction of sp³-hybridized carbons (Fsp3) is 0.250. The van der Waals surface area contributed by atoms with E-state index in [1.165, 1.54) is 24.4 Å². The number of ether oxygens (including phenoxy) is 1. The molecule has 0 amide bonds. The number of hydrogen-bond donors (Lipinski definition) is 2. The van der Waals surface area contributed by atoms with Gasteiger partial charge < -0.3 is 19.7 Å². The first-order valence-electron chi connectivity index (χ1n) is 8.58. The zero-order valence-electron chi connectivity index (χ0n) is 15.3. The van der Waals surface area contributed by atoms with E-state index in [-0.39, 0.29) is 41.6 Å². The summed E-state index contributed by atoms with van der Waals surface area (Å²) in [4.78, 5) is 13.0. The number of hydrogen-bond acceptors (Lipinski definition) is 4. The normalized spacial score (nSPS) is 12.2. The second kappa shape index (κ2) is 8.44. The molecule has 3 aromatic rings. The smallest absolute Gasteiger partial charge is 0.233 e. The van der Waals surface area contributed by atoms with Crippen LogP contribution in [0.2, 0.25) is 0 Å². The van der Waals surface area contributed by atoms with Crippen LogP contribution in [-0.4, -0.2) is 22.9 Å². The zero-order valence-corrected chi connectivity index (χ0v) is 17.5. The van der Waals surface area contributed by atoms with Gasteiger partial charge >= 0.3 is 0 Å². The van der Waals surface area contributed by atoms with Gasteiger partial charge in [0.05, 0.1) is 35.1 Å². The molecule has 0 bridgehead atoms. The highest BCUT2D eigenvalue weighted by Gasteiger charge is 2.16. The maximum absolute atomic E-state index is 14.3. The summed E-state index contributed by atoms with van der Waals surface area (Å²) >= 11 is 1.99. The van der Waals surface area contributed by atoms with Crippen LogP contribution < -0.4 is 15.5 Å². The van der Waals surface area contributed by atoms with Crippen molar-refractivity contribution >= 4 is 44.9 Å². The summed E-state index contributed by atoms with van der Waals surface area (Å²) < 4.78 is 36.3. The molecule has 0 saturated heterocycles. The third-order valence-corrected chi connectivity index (χ3v) is 4.93. The summed E-state index contributed by atoms with van der Waals surface area (Å²) in [7, 11) is 1.67. The van der Waals surface area contributed by atoms with Crippen LogP contribution in [0.5, 0.6) is 5.75 Å². The van der Waals surface area contributed by atoms with E-state index in [1.807, 2.05) is 22.6 Å². The zero-order chi connectivity index (χ0) is 20.4. The fourth-order valence-corrected chi connectivity index (χ4v) is 3.21. The summed E-state index contributed by atoms with van der Waals surface area (Å²) in [5.74, 6) is -1.14. The summed E-state index contributed by atoms with van der Waals surface area (Å²) in [5, 5.41) is 12.2. The minimum absolute atomic E-state index is 0.0714. The van der Waals surface area contributed by atoms with Crippen molar-refractivity contribution in [1.82, 2.24) is 4.57 Å². The number of aliphatic hydroxyl groups is 1. The van der Waals surface area contributed by atoms with Crippen molar-refractivity contribution in [3.63, 3.8) is 0 Å². The van der Waals surface area contributed by atoms with Gasteiger partial charge in [-0.2, -0.15) is 0 Å². The number of benzene rings is 2. The standard InChI is InChI=1S/C20H19F2IN2O3/c1-11(9-26)10-28-18-8-25(2)17-6-12(21)5-16(19(17)20(18)27)24-15-4-3-13(23)7-14(15)22/h3-8,11,24,26H,9-10H2,1-2H3/t11-/m0/s1. The van der Waals surface area contributed by atoms with E-state index in [0.29, 0.717) is 9.09 Å². The minimum Gasteiger partial charge on any atom is -0.488 e. The molecular formula is C20H19F2IN2O3. The lowest BCUT2D eigenvalue weighted by atomic mass is 10.1. The molecule has 5 nitrogen and oxygen atoms in total. The molecule has 1 aromatic heterocycles. The van der Waals surface area contributed by atoms with Crippen molar-refractivity contribution in [1.29, 1.82) is 0 Å². The largest absolute Gasteiger partial charge is 0.488 e. The Bertz CT molecular complexity index is 1090. The molecule has 8 heteroatoms. The Morgan fingerprint density at radius 1 is 1.25 bits per heavy atom. The molecule has 3 rings (SSSR count). The van der Waals surface area contributed by atoms with E-state index in [1.54, 1.807) is 24.6 Å². The molecule has 0 spiro atoms. The van der Waals surface area contributed by atoms with E-state index < -0.39 is 17.1 Å². The first-order valence-corrected chi connectivity index (χ1v) is 9.66. The number of nitrogens with zero attached hydrogens (tertiary/aromatic N) is 1. The van der Waals surface area contributed by atoms with Crippen LogP contribution in [-0.2, 0) is 7.05 Å².